The second-order valence-corrected chi connectivity index (χ2v) is 5.92. The van der Waals surface area contributed by atoms with Gasteiger partial charge in [-0.05, 0) is 55.7 Å². The maximum absolute atomic E-state index is 14.6. The van der Waals surface area contributed by atoms with Crippen molar-refractivity contribution in [1.82, 2.24) is 0 Å². The summed E-state index contributed by atoms with van der Waals surface area (Å²) >= 11 is 0. The number of ether oxygens (including phenoxy) is 1. The molecule has 1 unspecified atom stereocenters. The Morgan fingerprint density at radius 2 is 2.04 bits per heavy atom. The molecule has 2 aromatic carbocycles. The van der Waals surface area contributed by atoms with E-state index in [9.17, 15) is 14.4 Å². The second kappa shape index (κ2) is 7.91. The molecule has 2 rings (SSSR count). The minimum Gasteiger partial charge on any atom is -0.466 e. The highest BCUT2D eigenvalue weighted by Gasteiger charge is 2.20. The number of nitrogens with zero attached hydrogens (tertiary/aromatic N) is 1. The fourth-order valence-corrected chi connectivity index (χ4v) is 2.86. The SMILES string of the molecule is CCOC(=O)CC(N)c1cc(-c2c(C)cccc2C#N)cc(C)c1F. The summed E-state index contributed by atoms with van der Waals surface area (Å²) in [4.78, 5) is 11.7. The molecule has 2 aromatic rings. The first kappa shape index (κ1) is 18.6. The molecule has 0 spiro atoms. The van der Waals surface area contributed by atoms with E-state index < -0.39 is 17.8 Å². The number of benzene rings is 2. The number of hydrogen-bond acceptors (Lipinski definition) is 4. The number of rotatable bonds is 5. The molecule has 5 heteroatoms. The van der Waals surface area contributed by atoms with E-state index in [0.717, 1.165) is 11.1 Å². The normalized spacial score (nSPS) is 11.7. The Morgan fingerprint density at radius 1 is 1.32 bits per heavy atom. The number of esters is 1. The summed E-state index contributed by atoms with van der Waals surface area (Å²) in [5, 5.41) is 9.37. The van der Waals surface area contributed by atoms with E-state index >= 15 is 0 Å². The van der Waals surface area contributed by atoms with Crippen LogP contribution in [0.25, 0.3) is 11.1 Å². The standard InChI is InChI=1S/C20H21FN2O2/c1-4-25-18(24)10-17(23)16-9-15(8-13(3)20(16)21)19-12(2)6-5-7-14(19)11-22/h5-9,17H,4,10,23H2,1-3H3. The fraction of sp³-hybridized carbons (Fsp3) is 0.300. The van der Waals surface area contributed by atoms with Crippen LogP contribution in [0.1, 0.15) is 41.6 Å². The summed E-state index contributed by atoms with van der Waals surface area (Å²) in [6.45, 7) is 5.50. The first-order chi connectivity index (χ1) is 11.9. The van der Waals surface area contributed by atoms with Crippen LogP contribution in [0, 0.1) is 31.0 Å². The molecule has 0 radical (unpaired) electrons. The number of aryl methyl sites for hydroxylation is 2. The monoisotopic (exact) mass is 340 g/mol. The van der Waals surface area contributed by atoms with Gasteiger partial charge in [-0.25, -0.2) is 4.39 Å². The Balaban J connectivity index is 2.53. The zero-order valence-electron chi connectivity index (χ0n) is 14.6. The highest BCUT2D eigenvalue weighted by atomic mass is 19.1. The number of halogens is 1. The average Bonchev–Trinajstić information content (AvgIpc) is 2.57. The molecule has 0 aliphatic heterocycles. The van der Waals surface area contributed by atoms with Gasteiger partial charge in [0.2, 0.25) is 0 Å². The Morgan fingerprint density at radius 3 is 2.68 bits per heavy atom. The van der Waals surface area contributed by atoms with Crippen LogP contribution in [0.4, 0.5) is 4.39 Å². The maximum Gasteiger partial charge on any atom is 0.307 e. The molecular weight excluding hydrogens is 319 g/mol. The van der Waals surface area contributed by atoms with Crippen LogP contribution in [-0.2, 0) is 9.53 Å². The van der Waals surface area contributed by atoms with Gasteiger partial charge in [0.05, 0.1) is 24.7 Å². The van der Waals surface area contributed by atoms with Gasteiger partial charge in [0, 0.05) is 17.2 Å². The van der Waals surface area contributed by atoms with E-state index in [1.54, 1.807) is 38.1 Å². The van der Waals surface area contributed by atoms with Gasteiger partial charge in [-0.2, -0.15) is 5.26 Å². The summed E-state index contributed by atoms with van der Waals surface area (Å²) in [6, 6.07) is 10.1. The highest BCUT2D eigenvalue weighted by Crippen LogP contribution is 2.32. The van der Waals surface area contributed by atoms with Gasteiger partial charge >= 0.3 is 5.97 Å². The second-order valence-electron chi connectivity index (χ2n) is 5.92. The third-order valence-electron chi connectivity index (χ3n) is 4.06. The molecule has 0 heterocycles. The molecule has 2 N–H and O–H groups in total. The van der Waals surface area contributed by atoms with Crippen LogP contribution in [-0.4, -0.2) is 12.6 Å². The molecule has 0 saturated heterocycles. The lowest BCUT2D eigenvalue weighted by Gasteiger charge is -2.17. The lowest BCUT2D eigenvalue weighted by molar-refractivity contribution is -0.143. The van der Waals surface area contributed by atoms with Crippen molar-refractivity contribution in [3.63, 3.8) is 0 Å². The average molecular weight is 340 g/mol. The van der Waals surface area contributed by atoms with Gasteiger partial charge < -0.3 is 10.5 Å². The predicted molar refractivity (Wildman–Crippen MR) is 94.2 cm³/mol. The molecule has 0 fully saturated rings. The molecule has 130 valence electrons. The Labute approximate surface area is 147 Å². The summed E-state index contributed by atoms with van der Waals surface area (Å²) in [7, 11) is 0. The predicted octanol–water partition coefficient (Wildman–Crippen LogP) is 3.93. The van der Waals surface area contributed by atoms with E-state index in [0.29, 0.717) is 16.7 Å². The van der Waals surface area contributed by atoms with E-state index in [1.807, 2.05) is 13.0 Å². The molecule has 0 bridgehead atoms. The van der Waals surface area contributed by atoms with Crippen molar-refractivity contribution in [2.45, 2.75) is 33.2 Å². The lowest BCUT2D eigenvalue weighted by atomic mass is 9.91. The summed E-state index contributed by atoms with van der Waals surface area (Å²) in [6.07, 6.45) is -0.105. The topological polar surface area (TPSA) is 76.1 Å². The van der Waals surface area contributed by atoms with Crippen molar-refractivity contribution in [3.8, 4) is 17.2 Å². The molecular formula is C20H21FN2O2. The van der Waals surface area contributed by atoms with Crippen LogP contribution in [0.5, 0.6) is 0 Å². The van der Waals surface area contributed by atoms with Crippen LogP contribution >= 0.6 is 0 Å². The van der Waals surface area contributed by atoms with E-state index in [2.05, 4.69) is 6.07 Å². The number of hydrogen-bond donors (Lipinski definition) is 1. The van der Waals surface area contributed by atoms with Gasteiger partial charge in [0.15, 0.2) is 0 Å². The highest BCUT2D eigenvalue weighted by molar-refractivity contribution is 5.75. The Hall–Kier alpha value is -2.71. The number of nitriles is 1. The first-order valence-corrected chi connectivity index (χ1v) is 8.10. The van der Waals surface area contributed by atoms with Gasteiger partial charge in [-0.15, -0.1) is 0 Å². The zero-order chi connectivity index (χ0) is 18.6. The smallest absolute Gasteiger partial charge is 0.307 e. The molecule has 0 saturated carbocycles. The number of carbonyl (C=O) groups is 1. The third-order valence-corrected chi connectivity index (χ3v) is 4.06. The zero-order valence-corrected chi connectivity index (χ0v) is 14.6. The van der Waals surface area contributed by atoms with Crippen LogP contribution < -0.4 is 5.73 Å². The Bertz CT molecular complexity index is 840. The minimum atomic E-state index is -0.813. The van der Waals surface area contributed by atoms with Crippen molar-refractivity contribution < 1.29 is 13.9 Å². The summed E-state index contributed by atoms with van der Waals surface area (Å²) < 4.78 is 19.5. The first-order valence-electron chi connectivity index (χ1n) is 8.10. The summed E-state index contributed by atoms with van der Waals surface area (Å²) in [5.41, 5.74) is 9.59. The minimum absolute atomic E-state index is 0.105. The van der Waals surface area contributed by atoms with Crippen molar-refractivity contribution >= 4 is 5.97 Å². The van der Waals surface area contributed by atoms with Crippen molar-refractivity contribution in [2.75, 3.05) is 6.61 Å². The fourth-order valence-electron chi connectivity index (χ4n) is 2.86. The lowest BCUT2D eigenvalue weighted by Crippen LogP contribution is -2.19. The van der Waals surface area contributed by atoms with Crippen LogP contribution in [0.3, 0.4) is 0 Å². The summed E-state index contributed by atoms with van der Waals surface area (Å²) in [5.74, 6) is -0.904. The number of carbonyl (C=O) groups excluding carboxylic acids is 1. The third kappa shape index (κ3) is 4.04. The van der Waals surface area contributed by atoms with E-state index in [1.165, 1.54) is 0 Å². The van der Waals surface area contributed by atoms with Gasteiger partial charge in [0.25, 0.3) is 0 Å². The number of nitrogens with two attached hydrogens (primary N) is 1. The largest absolute Gasteiger partial charge is 0.466 e. The quantitative estimate of drug-likeness (QED) is 0.837. The molecule has 1 atom stereocenters. The molecule has 0 aromatic heterocycles. The molecule has 0 aliphatic carbocycles. The van der Waals surface area contributed by atoms with Crippen molar-refractivity contribution in [2.24, 2.45) is 5.73 Å². The van der Waals surface area contributed by atoms with Gasteiger partial charge in [-0.1, -0.05) is 12.1 Å². The van der Waals surface area contributed by atoms with Crippen LogP contribution in [0.2, 0.25) is 0 Å². The molecule has 0 amide bonds. The van der Waals surface area contributed by atoms with Crippen molar-refractivity contribution in [3.05, 3.63) is 58.4 Å². The molecule has 25 heavy (non-hydrogen) atoms. The Kier molecular flexibility index (Phi) is 5.89. The van der Waals surface area contributed by atoms with Crippen LogP contribution in [0.15, 0.2) is 30.3 Å². The van der Waals surface area contributed by atoms with E-state index in [-0.39, 0.29) is 18.6 Å². The maximum atomic E-state index is 14.6. The van der Waals surface area contributed by atoms with E-state index in [4.69, 9.17) is 10.5 Å². The van der Waals surface area contributed by atoms with Gasteiger partial charge in [-0.3, -0.25) is 4.79 Å². The molecule has 0 aliphatic rings. The van der Waals surface area contributed by atoms with Gasteiger partial charge in [0.1, 0.15) is 5.82 Å². The van der Waals surface area contributed by atoms with Crippen molar-refractivity contribution in [1.29, 1.82) is 5.26 Å². The molecule has 4 nitrogen and oxygen atoms in total.